The lowest BCUT2D eigenvalue weighted by atomic mass is 10.0. The van der Waals surface area contributed by atoms with E-state index in [4.69, 9.17) is 9.15 Å². The van der Waals surface area contributed by atoms with Gasteiger partial charge >= 0.3 is 0 Å². The predicted molar refractivity (Wildman–Crippen MR) is 81.6 cm³/mol. The number of amides is 1. The Morgan fingerprint density at radius 1 is 1.29 bits per heavy atom. The summed E-state index contributed by atoms with van der Waals surface area (Å²) in [6.07, 6.45) is 2.39. The number of rotatable bonds is 5. The Hall–Kier alpha value is -2.23. The quantitative estimate of drug-likeness (QED) is 0.839. The van der Waals surface area contributed by atoms with Gasteiger partial charge in [0.15, 0.2) is 0 Å². The van der Waals surface area contributed by atoms with E-state index in [-0.39, 0.29) is 11.9 Å². The van der Waals surface area contributed by atoms with Crippen molar-refractivity contribution in [1.82, 2.24) is 4.90 Å². The maximum atomic E-state index is 12.6. The monoisotopic (exact) mass is 287 g/mol. The van der Waals surface area contributed by atoms with Crippen molar-refractivity contribution >= 4 is 5.91 Å². The van der Waals surface area contributed by atoms with Gasteiger partial charge < -0.3 is 14.1 Å². The summed E-state index contributed by atoms with van der Waals surface area (Å²) in [4.78, 5) is 14.3. The number of hydrogen-bond acceptors (Lipinski definition) is 3. The minimum absolute atomic E-state index is 0.0241. The highest BCUT2D eigenvalue weighted by Gasteiger charge is 2.23. The number of aryl methyl sites for hydroxylation is 1. The number of carbonyl (C=O) groups excluding carboxylic acids is 1. The van der Waals surface area contributed by atoms with E-state index in [0.29, 0.717) is 11.3 Å². The van der Waals surface area contributed by atoms with Gasteiger partial charge in [-0.2, -0.15) is 0 Å². The third-order valence-corrected chi connectivity index (χ3v) is 3.76. The molecule has 2 rings (SSSR count). The highest BCUT2D eigenvalue weighted by molar-refractivity contribution is 5.95. The molecule has 0 aliphatic carbocycles. The molecule has 1 amide bonds. The molecule has 1 unspecified atom stereocenters. The molecule has 1 heterocycles. The number of ether oxygens (including phenoxy) is 1. The molecule has 112 valence electrons. The van der Waals surface area contributed by atoms with E-state index < -0.39 is 0 Å². The lowest BCUT2D eigenvalue weighted by Gasteiger charge is -2.27. The average molecular weight is 287 g/mol. The van der Waals surface area contributed by atoms with Crippen molar-refractivity contribution in [2.75, 3.05) is 14.2 Å². The molecular formula is C17H21NO3. The van der Waals surface area contributed by atoms with E-state index in [1.807, 2.05) is 31.3 Å². The third kappa shape index (κ3) is 3.10. The standard InChI is InChI=1S/C17H21NO3/c1-5-16(13-6-8-14(20-4)9-7-13)18(3)17(19)15-10-11-21-12(15)2/h6-11,16H,5H2,1-4H3. The molecule has 0 saturated heterocycles. The number of hydrogen-bond donors (Lipinski definition) is 0. The SMILES string of the molecule is CCC(c1ccc(OC)cc1)N(C)C(=O)c1ccoc1C. The zero-order chi connectivity index (χ0) is 15.4. The Kier molecular flexibility index (Phi) is 4.68. The zero-order valence-electron chi connectivity index (χ0n) is 12.9. The van der Waals surface area contributed by atoms with Crippen molar-refractivity contribution in [3.63, 3.8) is 0 Å². The van der Waals surface area contributed by atoms with Crippen molar-refractivity contribution in [3.8, 4) is 5.75 Å². The number of nitrogens with zero attached hydrogens (tertiary/aromatic N) is 1. The molecule has 0 aliphatic rings. The van der Waals surface area contributed by atoms with Gasteiger partial charge in [0, 0.05) is 7.05 Å². The van der Waals surface area contributed by atoms with E-state index in [1.54, 1.807) is 31.3 Å². The first kappa shape index (κ1) is 15.2. The second kappa shape index (κ2) is 6.48. The fourth-order valence-corrected chi connectivity index (χ4v) is 2.50. The van der Waals surface area contributed by atoms with Crippen molar-refractivity contribution in [1.29, 1.82) is 0 Å². The molecule has 4 heteroatoms. The first-order valence-corrected chi connectivity index (χ1v) is 7.03. The maximum Gasteiger partial charge on any atom is 0.257 e. The average Bonchev–Trinajstić information content (AvgIpc) is 2.94. The second-order valence-electron chi connectivity index (χ2n) is 5.00. The normalized spacial score (nSPS) is 12.0. The molecule has 1 atom stereocenters. The van der Waals surface area contributed by atoms with Crippen LogP contribution in [0.15, 0.2) is 41.0 Å². The molecule has 4 nitrogen and oxygen atoms in total. The van der Waals surface area contributed by atoms with Gasteiger partial charge in [0.25, 0.3) is 5.91 Å². The summed E-state index contributed by atoms with van der Waals surface area (Å²) in [5.74, 6) is 1.44. The van der Waals surface area contributed by atoms with Gasteiger partial charge in [-0.15, -0.1) is 0 Å². The van der Waals surface area contributed by atoms with Crippen LogP contribution < -0.4 is 4.74 Å². The van der Waals surface area contributed by atoms with Crippen LogP contribution >= 0.6 is 0 Å². The van der Waals surface area contributed by atoms with Gasteiger partial charge in [-0.05, 0) is 37.1 Å². The second-order valence-corrected chi connectivity index (χ2v) is 5.00. The summed E-state index contributed by atoms with van der Waals surface area (Å²) >= 11 is 0. The molecule has 0 radical (unpaired) electrons. The smallest absolute Gasteiger partial charge is 0.257 e. The summed E-state index contributed by atoms with van der Waals surface area (Å²) in [6, 6.07) is 9.57. The van der Waals surface area contributed by atoms with Gasteiger partial charge in [-0.25, -0.2) is 0 Å². The van der Waals surface area contributed by atoms with Crippen LogP contribution in [0.3, 0.4) is 0 Å². The fraction of sp³-hybridized carbons (Fsp3) is 0.353. The molecule has 0 fully saturated rings. The van der Waals surface area contributed by atoms with Crippen LogP contribution in [0.2, 0.25) is 0 Å². The van der Waals surface area contributed by atoms with Crippen LogP contribution in [-0.2, 0) is 0 Å². The predicted octanol–water partition coefficient (Wildman–Crippen LogP) is 3.82. The molecule has 0 spiro atoms. The highest BCUT2D eigenvalue weighted by Crippen LogP contribution is 2.27. The van der Waals surface area contributed by atoms with E-state index in [0.717, 1.165) is 17.7 Å². The van der Waals surface area contributed by atoms with E-state index >= 15 is 0 Å². The van der Waals surface area contributed by atoms with Crippen LogP contribution in [-0.4, -0.2) is 25.0 Å². The molecule has 0 aliphatic heterocycles. The van der Waals surface area contributed by atoms with Gasteiger partial charge in [0.2, 0.25) is 0 Å². The van der Waals surface area contributed by atoms with Crippen molar-refractivity contribution in [3.05, 3.63) is 53.5 Å². The summed E-state index contributed by atoms with van der Waals surface area (Å²) in [6.45, 7) is 3.87. The molecule has 0 saturated carbocycles. The number of methoxy groups -OCH3 is 1. The van der Waals surface area contributed by atoms with Crippen molar-refractivity contribution in [2.24, 2.45) is 0 Å². The number of furan rings is 1. The highest BCUT2D eigenvalue weighted by atomic mass is 16.5. The molecule has 21 heavy (non-hydrogen) atoms. The minimum Gasteiger partial charge on any atom is -0.497 e. The summed E-state index contributed by atoms with van der Waals surface area (Å²) in [5, 5.41) is 0. The summed E-state index contributed by atoms with van der Waals surface area (Å²) in [7, 11) is 3.47. The van der Waals surface area contributed by atoms with Gasteiger partial charge in [0.1, 0.15) is 11.5 Å². The van der Waals surface area contributed by atoms with Gasteiger partial charge in [-0.1, -0.05) is 19.1 Å². The third-order valence-electron chi connectivity index (χ3n) is 3.76. The van der Waals surface area contributed by atoms with Crippen LogP contribution in [0.4, 0.5) is 0 Å². The summed E-state index contributed by atoms with van der Waals surface area (Å²) in [5.41, 5.74) is 1.71. The maximum absolute atomic E-state index is 12.6. The van der Waals surface area contributed by atoms with Crippen LogP contribution in [0.25, 0.3) is 0 Å². The Labute approximate surface area is 125 Å². The van der Waals surface area contributed by atoms with Gasteiger partial charge in [-0.3, -0.25) is 4.79 Å². The Morgan fingerprint density at radius 2 is 1.95 bits per heavy atom. The molecule has 1 aromatic carbocycles. The van der Waals surface area contributed by atoms with Crippen LogP contribution in [0, 0.1) is 6.92 Å². The minimum atomic E-state index is -0.0241. The van der Waals surface area contributed by atoms with E-state index in [2.05, 4.69) is 6.92 Å². The number of benzene rings is 1. The Morgan fingerprint density at radius 3 is 2.43 bits per heavy atom. The largest absolute Gasteiger partial charge is 0.497 e. The zero-order valence-corrected chi connectivity index (χ0v) is 12.9. The molecular weight excluding hydrogens is 266 g/mol. The summed E-state index contributed by atoms with van der Waals surface area (Å²) < 4.78 is 10.4. The fourth-order valence-electron chi connectivity index (χ4n) is 2.50. The lowest BCUT2D eigenvalue weighted by molar-refractivity contribution is 0.0724. The van der Waals surface area contributed by atoms with E-state index in [1.165, 1.54) is 0 Å². The first-order valence-electron chi connectivity index (χ1n) is 7.03. The Balaban J connectivity index is 2.23. The van der Waals surface area contributed by atoms with Crippen LogP contribution in [0.5, 0.6) is 5.75 Å². The van der Waals surface area contributed by atoms with Gasteiger partial charge in [0.05, 0.1) is 25.0 Å². The van der Waals surface area contributed by atoms with Crippen molar-refractivity contribution in [2.45, 2.75) is 26.3 Å². The molecule has 0 N–H and O–H groups in total. The molecule has 0 bridgehead atoms. The first-order chi connectivity index (χ1) is 10.1. The van der Waals surface area contributed by atoms with Crippen LogP contribution in [0.1, 0.15) is 41.1 Å². The lowest BCUT2D eigenvalue weighted by Crippen LogP contribution is -2.31. The van der Waals surface area contributed by atoms with Crippen molar-refractivity contribution < 1.29 is 13.9 Å². The molecule has 2 aromatic rings. The number of carbonyl (C=O) groups is 1. The Bertz CT molecular complexity index is 601. The molecule has 1 aromatic heterocycles. The topological polar surface area (TPSA) is 42.7 Å². The van der Waals surface area contributed by atoms with E-state index in [9.17, 15) is 4.79 Å².